The van der Waals surface area contributed by atoms with Gasteiger partial charge < -0.3 is 10.3 Å². The Morgan fingerprint density at radius 1 is 1.19 bits per heavy atom. The third-order valence-corrected chi connectivity index (χ3v) is 3.63. The molecule has 21 heavy (non-hydrogen) atoms. The lowest BCUT2D eigenvalue weighted by Gasteiger charge is -2.13. The maximum atomic E-state index is 11.8. The molecule has 0 spiro atoms. The molecule has 3 rings (SSSR count). The van der Waals surface area contributed by atoms with Crippen LogP contribution in [0.15, 0.2) is 41.6 Å². The van der Waals surface area contributed by atoms with Crippen molar-refractivity contribution in [1.82, 2.24) is 10.4 Å². The summed E-state index contributed by atoms with van der Waals surface area (Å²) >= 11 is 5.79. The average Bonchev–Trinajstić information content (AvgIpc) is 2.96. The van der Waals surface area contributed by atoms with Crippen LogP contribution in [0.4, 0.5) is 10.5 Å². The standard InChI is InChI=1S/C15H15ClN4O/c16-10-4-6-11(7-5-10)18-15(21)20-19-14-3-1-2-13-12(14)8-9-17-13/h4-9,17H,1-3H2,(H2,18,20,21)/b19-14+. The van der Waals surface area contributed by atoms with E-state index in [2.05, 4.69) is 20.8 Å². The molecular weight excluding hydrogens is 288 g/mol. The minimum atomic E-state index is -0.368. The summed E-state index contributed by atoms with van der Waals surface area (Å²) in [6.45, 7) is 0. The lowest BCUT2D eigenvalue weighted by Crippen LogP contribution is -2.26. The molecule has 0 unspecified atom stereocenters. The summed E-state index contributed by atoms with van der Waals surface area (Å²) in [4.78, 5) is 15.0. The molecule has 0 atom stereocenters. The van der Waals surface area contributed by atoms with Gasteiger partial charge >= 0.3 is 6.03 Å². The van der Waals surface area contributed by atoms with Gasteiger partial charge in [0.1, 0.15) is 0 Å². The van der Waals surface area contributed by atoms with E-state index in [1.807, 2.05) is 12.3 Å². The highest BCUT2D eigenvalue weighted by molar-refractivity contribution is 6.30. The molecule has 1 aliphatic carbocycles. The van der Waals surface area contributed by atoms with Gasteiger partial charge in [-0.25, -0.2) is 10.2 Å². The molecule has 6 heteroatoms. The number of hydrazone groups is 1. The monoisotopic (exact) mass is 302 g/mol. The van der Waals surface area contributed by atoms with Crippen molar-refractivity contribution in [1.29, 1.82) is 0 Å². The van der Waals surface area contributed by atoms with Crippen molar-refractivity contribution in [2.24, 2.45) is 5.10 Å². The van der Waals surface area contributed by atoms with Crippen LogP contribution in [0, 0.1) is 0 Å². The zero-order valence-electron chi connectivity index (χ0n) is 11.3. The maximum Gasteiger partial charge on any atom is 0.339 e. The van der Waals surface area contributed by atoms with Crippen LogP contribution in [-0.4, -0.2) is 16.7 Å². The highest BCUT2D eigenvalue weighted by Gasteiger charge is 2.16. The topological polar surface area (TPSA) is 69.3 Å². The van der Waals surface area contributed by atoms with E-state index in [1.165, 1.54) is 5.69 Å². The third kappa shape index (κ3) is 3.25. The largest absolute Gasteiger partial charge is 0.364 e. The highest BCUT2D eigenvalue weighted by Crippen LogP contribution is 2.20. The predicted molar refractivity (Wildman–Crippen MR) is 83.9 cm³/mol. The summed E-state index contributed by atoms with van der Waals surface area (Å²) < 4.78 is 0. The van der Waals surface area contributed by atoms with E-state index in [4.69, 9.17) is 11.6 Å². The minimum Gasteiger partial charge on any atom is -0.364 e. The molecule has 0 bridgehead atoms. The van der Waals surface area contributed by atoms with Crippen LogP contribution in [-0.2, 0) is 6.42 Å². The number of urea groups is 1. The second-order valence-electron chi connectivity index (χ2n) is 4.85. The van der Waals surface area contributed by atoms with Gasteiger partial charge in [0.25, 0.3) is 0 Å². The molecule has 0 radical (unpaired) electrons. The molecule has 1 heterocycles. The summed E-state index contributed by atoms with van der Waals surface area (Å²) in [5.74, 6) is 0. The first-order valence-electron chi connectivity index (χ1n) is 6.78. The number of amides is 2. The van der Waals surface area contributed by atoms with Crippen molar-refractivity contribution in [3.8, 4) is 0 Å². The molecule has 1 aromatic carbocycles. The van der Waals surface area contributed by atoms with Gasteiger partial charge in [0.05, 0.1) is 5.71 Å². The van der Waals surface area contributed by atoms with Crippen LogP contribution >= 0.6 is 11.6 Å². The van der Waals surface area contributed by atoms with E-state index in [1.54, 1.807) is 24.3 Å². The second-order valence-corrected chi connectivity index (χ2v) is 5.29. The van der Waals surface area contributed by atoms with E-state index in [-0.39, 0.29) is 6.03 Å². The Kier molecular flexibility index (Phi) is 3.92. The van der Waals surface area contributed by atoms with Gasteiger partial charge in [0.15, 0.2) is 0 Å². The first-order valence-corrected chi connectivity index (χ1v) is 7.16. The fraction of sp³-hybridized carbons (Fsp3) is 0.200. The Labute approximate surface area is 127 Å². The zero-order valence-corrected chi connectivity index (χ0v) is 12.1. The first kappa shape index (κ1) is 13.7. The van der Waals surface area contributed by atoms with Crippen LogP contribution < -0.4 is 10.7 Å². The summed E-state index contributed by atoms with van der Waals surface area (Å²) in [6.07, 6.45) is 4.83. The smallest absolute Gasteiger partial charge is 0.339 e. The van der Waals surface area contributed by atoms with Crippen LogP contribution in [0.2, 0.25) is 5.02 Å². The molecule has 0 saturated carbocycles. The lowest BCUT2D eigenvalue weighted by molar-refractivity contribution is 0.252. The number of nitrogens with one attached hydrogen (secondary N) is 3. The quantitative estimate of drug-likeness (QED) is 0.730. The number of nitrogens with zero attached hydrogens (tertiary/aromatic N) is 1. The fourth-order valence-electron chi connectivity index (χ4n) is 2.38. The van der Waals surface area contributed by atoms with Gasteiger partial charge in [-0.3, -0.25) is 0 Å². The normalized spacial score (nSPS) is 15.6. The molecule has 3 N–H and O–H groups in total. The molecule has 5 nitrogen and oxygen atoms in total. The van der Waals surface area contributed by atoms with Crippen LogP contribution in [0.3, 0.4) is 0 Å². The van der Waals surface area contributed by atoms with Gasteiger partial charge in [0.2, 0.25) is 0 Å². The first-order chi connectivity index (χ1) is 10.2. The number of carbonyl (C=O) groups is 1. The number of aromatic nitrogens is 1. The number of hydrogen-bond acceptors (Lipinski definition) is 2. The van der Waals surface area contributed by atoms with Crippen molar-refractivity contribution in [3.63, 3.8) is 0 Å². The van der Waals surface area contributed by atoms with Gasteiger partial charge in [0, 0.05) is 28.2 Å². The molecule has 1 aliphatic rings. The Bertz CT molecular complexity index is 675. The summed E-state index contributed by atoms with van der Waals surface area (Å²) in [5, 5.41) is 7.55. The number of fused-ring (bicyclic) bond motifs is 1. The molecule has 1 aromatic heterocycles. The highest BCUT2D eigenvalue weighted by atomic mass is 35.5. The van der Waals surface area contributed by atoms with E-state index in [9.17, 15) is 4.79 Å². The number of aryl methyl sites for hydroxylation is 1. The van der Waals surface area contributed by atoms with E-state index < -0.39 is 0 Å². The van der Waals surface area contributed by atoms with E-state index in [0.29, 0.717) is 10.7 Å². The molecule has 0 aliphatic heterocycles. The fourth-order valence-corrected chi connectivity index (χ4v) is 2.50. The SMILES string of the molecule is O=C(N/N=C1\CCCc2[nH]ccc21)Nc1ccc(Cl)cc1. The number of benzene rings is 1. The van der Waals surface area contributed by atoms with Crippen molar-refractivity contribution in [3.05, 3.63) is 52.8 Å². The zero-order chi connectivity index (χ0) is 14.7. The molecule has 2 aromatic rings. The predicted octanol–water partition coefficient (Wildman–Crippen LogP) is 3.53. The number of carbonyl (C=O) groups excluding carboxylic acids is 1. The van der Waals surface area contributed by atoms with Gasteiger partial charge in [-0.1, -0.05) is 11.6 Å². The minimum absolute atomic E-state index is 0.368. The van der Waals surface area contributed by atoms with Crippen molar-refractivity contribution in [2.75, 3.05) is 5.32 Å². The van der Waals surface area contributed by atoms with Gasteiger partial charge in [-0.2, -0.15) is 5.10 Å². The van der Waals surface area contributed by atoms with Gasteiger partial charge in [-0.15, -0.1) is 0 Å². The number of halogens is 1. The number of hydrogen-bond donors (Lipinski definition) is 3. The van der Waals surface area contributed by atoms with Crippen molar-refractivity contribution < 1.29 is 4.79 Å². The van der Waals surface area contributed by atoms with Gasteiger partial charge in [-0.05, 0) is 49.6 Å². The number of rotatable bonds is 2. The Hall–Kier alpha value is -2.27. The average molecular weight is 303 g/mol. The Balaban J connectivity index is 1.64. The van der Waals surface area contributed by atoms with E-state index in [0.717, 1.165) is 30.5 Å². The van der Waals surface area contributed by atoms with Crippen LogP contribution in [0.5, 0.6) is 0 Å². The third-order valence-electron chi connectivity index (χ3n) is 3.38. The lowest BCUT2D eigenvalue weighted by atomic mass is 9.96. The Morgan fingerprint density at radius 2 is 2.00 bits per heavy atom. The molecule has 0 fully saturated rings. The number of H-pyrrole nitrogens is 1. The van der Waals surface area contributed by atoms with Crippen LogP contribution in [0.1, 0.15) is 24.1 Å². The molecular formula is C15H15ClN4O. The number of anilines is 1. The second kappa shape index (κ2) is 6.01. The van der Waals surface area contributed by atoms with Crippen molar-refractivity contribution >= 4 is 29.0 Å². The molecule has 2 amide bonds. The summed E-state index contributed by atoms with van der Waals surface area (Å²) in [6, 6.07) is 8.53. The van der Waals surface area contributed by atoms with Crippen LogP contribution in [0.25, 0.3) is 0 Å². The number of aromatic amines is 1. The Morgan fingerprint density at radius 3 is 2.81 bits per heavy atom. The summed E-state index contributed by atoms with van der Waals surface area (Å²) in [7, 11) is 0. The van der Waals surface area contributed by atoms with E-state index >= 15 is 0 Å². The van der Waals surface area contributed by atoms with Crippen molar-refractivity contribution in [2.45, 2.75) is 19.3 Å². The molecule has 108 valence electrons. The molecule has 0 saturated heterocycles. The summed E-state index contributed by atoms with van der Waals surface area (Å²) in [5.41, 5.74) is 6.38. The maximum absolute atomic E-state index is 11.8.